The van der Waals surface area contributed by atoms with E-state index in [0.717, 1.165) is 27.1 Å². The van der Waals surface area contributed by atoms with E-state index >= 15 is 0 Å². The Labute approximate surface area is 90.5 Å². The number of rotatable bonds is 1. The molecule has 0 saturated heterocycles. The molecule has 0 amide bonds. The standard InChI is InChI=1S/C10H11BrN2O/c1-6-3-8(11)10-12-7(2)9(5-14)13(10)4-6/h3-4,14H,5H2,1-2H3. The van der Waals surface area contributed by atoms with Gasteiger partial charge < -0.3 is 9.51 Å². The minimum absolute atomic E-state index is 0.0168. The van der Waals surface area contributed by atoms with Gasteiger partial charge in [0, 0.05) is 6.20 Å². The lowest BCUT2D eigenvalue weighted by atomic mass is 10.3. The fourth-order valence-electron chi connectivity index (χ4n) is 1.58. The first-order valence-electron chi connectivity index (χ1n) is 4.38. The SMILES string of the molecule is Cc1cc(Br)c2nc(C)c(CO)n2c1. The molecule has 1 N–H and O–H groups in total. The maximum Gasteiger partial charge on any atom is 0.151 e. The molecule has 2 aromatic heterocycles. The zero-order chi connectivity index (χ0) is 10.3. The van der Waals surface area contributed by atoms with Gasteiger partial charge in [0.15, 0.2) is 5.65 Å². The predicted molar refractivity (Wildman–Crippen MR) is 58.3 cm³/mol. The number of aromatic nitrogens is 2. The maximum absolute atomic E-state index is 9.21. The number of fused-ring (bicyclic) bond motifs is 1. The van der Waals surface area contributed by atoms with Gasteiger partial charge in [-0.1, -0.05) is 0 Å². The molecule has 0 radical (unpaired) electrons. The highest BCUT2D eigenvalue weighted by Crippen LogP contribution is 2.22. The molecule has 2 aromatic rings. The average Bonchev–Trinajstić information content (AvgIpc) is 2.41. The zero-order valence-corrected chi connectivity index (χ0v) is 9.67. The van der Waals surface area contributed by atoms with Crippen molar-refractivity contribution in [1.82, 2.24) is 9.38 Å². The minimum Gasteiger partial charge on any atom is -0.390 e. The first-order valence-corrected chi connectivity index (χ1v) is 5.17. The summed E-state index contributed by atoms with van der Waals surface area (Å²) in [6.45, 7) is 3.93. The van der Waals surface area contributed by atoms with E-state index < -0.39 is 0 Å². The molecular weight excluding hydrogens is 244 g/mol. The number of aryl methyl sites for hydroxylation is 2. The van der Waals surface area contributed by atoms with E-state index in [1.165, 1.54) is 0 Å². The van der Waals surface area contributed by atoms with Crippen molar-refractivity contribution in [2.24, 2.45) is 0 Å². The lowest BCUT2D eigenvalue weighted by Gasteiger charge is -2.01. The summed E-state index contributed by atoms with van der Waals surface area (Å²) in [6.07, 6.45) is 1.98. The van der Waals surface area contributed by atoms with Crippen molar-refractivity contribution in [1.29, 1.82) is 0 Å². The Kier molecular flexibility index (Phi) is 2.33. The van der Waals surface area contributed by atoms with Crippen LogP contribution in [0, 0.1) is 13.8 Å². The first-order chi connectivity index (χ1) is 6.63. The van der Waals surface area contributed by atoms with Crippen LogP contribution in [0.25, 0.3) is 5.65 Å². The topological polar surface area (TPSA) is 37.5 Å². The molecule has 0 aliphatic carbocycles. The van der Waals surface area contributed by atoms with Gasteiger partial charge in [0.1, 0.15) is 0 Å². The van der Waals surface area contributed by atoms with Gasteiger partial charge in [-0.3, -0.25) is 0 Å². The molecule has 0 saturated carbocycles. The van der Waals surface area contributed by atoms with Crippen molar-refractivity contribution < 1.29 is 5.11 Å². The summed E-state index contributed by atoms with van der Waals surface area (Å²) in [4.78, 5) is 4.38. The molecule has 0 atom stereocenters. The first kappa shape index (κ1) is 9.68. The summed E-state index contributed by atoms with van der Waals surface area (Å²) in [5, 5.41) is 9.21. The monoisotopic (exact) mass is 254 g/mol. The lowest BCUT2D eigenvalue weighted by Crippen LogP contribution is -1.94. The Morgan fingerprint density at radius 1 is 1.50 bits per heavy atom. The Morgan fingerprint density at radius 2 is 2.21 bits per heavy atom. The molecule has 0 spiro atoms. The van der Waals surface area contributed by atoms with Gasteiger partial charge in [-0.15, -0.1) is 0 Å². The Bertz CT molecular complexity index is 490. The number of halogens is 1. The van der Waals surface area contributed by atoms with E-state index in [9.17, 15) is 5.11 Å². The highest BCUT2D eigenvalue weighted by Gasteiger charge is 2.09. The summed E-state index contributed by atoms with van der Waals surface area (Å²) in [7, 11) is 0. The molecule has 0 aliphatic heterocycles. The van der Waals surface area contributed by atoms with Crippen LogP contribution in [0.1, 0.15) is 17.0 Å². The van der Waals surface area contributed by atoms with Gasteiger partial charge in [-0.25, -0.2) is 4.98 Å². The number of aliphatic hydroxyl groups is 1. The fourth-order valence-corrected chi connectivity index (χ4v) is 2.22. The van der Waals surface area contributed by atoms with Crippen molar-refractivity contribution in [3.8, 4) is 0 Å². The average molecular weight is 255 g/mol. The van der Waals surface area contributed by atoms with E-state index in [-0.39, 0.29) is 6.61 Å². The Balaban J connectivity index is 2.87. The highest BCUT2D eigenvalue weighted by molar-refractivity contribution is 9.10. The van der Waals surface area contributed by atoms with E-state index in [1.54, 1.807) is 0 Å². The summed E-state index contributed by atoms with van der Waals surface area (Å²) in [5.41, 5.74) is 3.72. The molecule has 74 valence electrons. The van der Waals surface area contributed by atoms with Crippen molar-refractivity contribution in [3.05, 3.63) is 33.7 Å². The molecule has 4 heteroatoms. The number of nitrogens with zero attached hydrogens (tertiary/aromatic N) is 2. The summed E-state index contributed by atoms with van der Waals surface area (Å²) < 4.78 is 2.88. The minimum atomic E-state index is 0.0168. The van der Waals surface area contributed by atoms with Gasteiger partial charge in [0.05, 0.1) is 22.5 Å². The smallest absolute Gasteiger partial charge is 0.151 e. The van der Waals surface area contributed by atoms with Crippen molar-refractivity contribution in [2.45, 2.75) is 20.5 Å². The van der Waals surface area contributed by atoms with Crippen LogP contribution < -0.4 is 0 Å². The Morgan fingerprint density at radius 3 is 2.86 bits per heavy atom. The summed E-state index contributed by atoms with van der Waals surface area (Å²) in [6, 6.07) is 2.02. The van der Waals surface area contributed by atoms with Gasteiger partial charge in [-0.05, 0) is 41.4 Å². The van der Waals surface area contributed by atoms with Crippen LogP contribution in [0.2, 0.25) is 0 Å². The number of imidazole rings is 1. The van der Waals surface area contributed by atoms with E-state index in [4.69, 9.17) is 0 Å². The second-order valence-electron chi connectivity index (χ2n) is 3.36. The lowest BCUT2D eigenvalue weighted by molar-refractivity contribution is 0.275. The van der Waals surface area contributed by atoms with Crippen LogP contribution in [0.4, 0.5) is 0 Å². The molecule has 2 rings (SSSR count). The van der Waals surface area contributed by atoms with Crippen LogP contribution in [-0.2, 0) is 6.61 Å². The van der Waals surface area contributed by atoms with Gasteiger partial charge in [0.2, 0.25) is 0 Å². The number of hydrogen-bond donors (Lipinski definition) is 1. The summed E-state index contributed by atoms with van der Waals surface area (Å²) in [5.74, 6) is 0. The molecule has 0 aliphatic rings. The largest absolute Gasteiger partial charge is 0.390 e. The molecule has 0 fully saturated rings. The molecule has 0 bridgehead atoms. The van der Waals surface area contributed by atoms with Gasteiger partial charge in [-0.2, -0.15) is 0 Å². The second kappa shape index (κ2) is 3.37. The third-order valence-corrected chi connectivity index (χ3v) is 2.84. The van der Waals surface area contributed by atoms with E-state index in [2.05, 4.69) is 20.9 Å². The third-order valence-electron chi connectivity index (χ3n) is 2.26. The molecule has 2 heterocycles. The van der Waals surface area contributed by atoms with Crippen molar-refractivity contribution >= 4 is 21.6 Å². The molecular formula is C10H11BrN2O. The number of pyridine rings is 1. The number of hydrogen-bond acceptors (Lipinski definition) is 2. The molecule has 14 heavy (non-hydrogen) atoms. The van der Waals surface area contributed by atoms with Crippen LogP contribution in [-0.4, -0.2) is 14.5 Å². The van der Waals surface area contributed by atoms with Crippen molar-refractivity contribution in [3.63, 3.8) is 0 Å². The normalized spacial score (nSPS) is 11.1. The summed E-state index contributed by atoms with van der Waals surface area (Å²) >= 11 is 3.46. The van der Waals surface area contributed by atoms with Gasteiger partial charge in [0.25, 0.3) is 0 Å². The predicted octanol–water partition coefficient (Wildman–Crippen LogP) is 2.21. The van der Waals surface area contributed by atoms with E-state index in [0.29, 0.717) is 0 Å². The van der Waals surface area contributed by atoms with Crippen molar-refractivity contribution in [2.75, 3.05) is 0 Å². The molecule has 3 nitrogen and oxygen atoms in total. The van der Waals surface area contributed by atoms with Crippen LogP contribution in [0.3, 0.4) is 0 Å². The Hall–Kier alpha value is -0.870. The fraction of sp³-hybridized carbons (Fsp3) is 0.300. The molecule has 0 aromatic carbocycles. The van der Waals surface area contributed by atoms with Gasteiger partial charge >= 0.3 is 0 Å². The third kappa shape index (κ3) is 1.35. The second-order valence-corrected chi connectivity index (χ2v) is 4.22. The van der Waals surface area contributed by atoms with Crippen LogP contribution in [0.5, 0.6) is 0 Å². The highest BCUT2D eigenvalue weighted by atomic mass is 79.9. The maximum atomic E-state index is 9.21. The van der Waals surface area contributed by atoms with Crippen LogP contribution in [0.15, 0.2) is 16.7 Å². The van der Waals surface area contributed by atoms with Crippen LogP contribution >= 0.6 is 15.9 Å². The number of aliphatic hydroxyl groups excluding tert-OH is 1. The quantitative estimate of drug-likeness (QED) is 0.848. The zero-order valence-electron chi connectivity index (χ0n) is 8.08. The van der Waals surface area contributed by atoms with E-state index in [1.807, 2.05) is 30.5 Å². The molecule has 0 unspecified atom stereocenters.